The number of H-pyrrole nitrogens is 1. The normalized spacial score (nSPS) is 17.4. The lowest BCUT2D eigenvalue weighted by Crippen LogP contribution is -2.33. The van der Waals surface area contributed by atoms with Gasteiger partial charge in [-0.3, -0.25) is 9.36 Å². The van der Waals surface area contributed by atoms with E-state index in [9.17, 15) is 9.59 Å². The number of aromatic nitrogens is 3. The van der Waals surface area contributed by atoms with E-state index in [4.69, 9.17) is 9.47 Å². The first-order chi connectivity index (χ1) is 13.6. The summed E-state index contributed by atoms with van der Waals surface area (Å²) < 4.78 is 12.3. The van der Waals surface area contributed by atoms with Crippen LogP contribution >= 0.6 is 11.8 Å². The van der Waals surface area contributed by atoms with E-state index in [2.05, 4.69) is 15.5 Å². The molecule has 0 radical (unpaired) electrons. The van der Waals surface area contributed by atoms with Gasteiger partial charge in [0.2, 0.25) is 5.91 Å². The van der Waals surface area contributed by atoms with Gasteiger partial charge in [0.1, 0.15) is 5.75 Å². The first kappa shape index (κ1) is 20.5. The Morgan fingerprint density at radius 2 is 2.25 bits per heavy atom. The summed E-state index contributed by atoms with van der Waals surface area (Å²) in [6.45, 7) is 3.54. The van der Waals surface area contributed by atoms with Crippen molar-refractivity contribution in [3.05, 3.63) is 40.3 Å². The first-order valence-electron chi connectivity index (χ1n) is 9.41. The summed E-state index contributed by atoms with van der Waals surface area (Å²) in [4.78, 5) is 24.4. The SMILES string of the molecule is COc1ccc(CCNC(=O)C(C)Sc2n[nH]c(=O)n2CC2CCCO2)cc1. The molecule has 152 valence electrons. The van der Waals surface area contributed by atoms with Crippen molar-refractivity contribution in [1.82, 2.24) is 20.1 Å². The molecule has 1 aromatic heterocycles. The highest BCUT2D eigenvalue weighted by atomic mass is 32.2. The maximum absolute atomic E-state index is 12.4. The molecule has 28 heavy (non-hydrogen) atoms. The van der Waals surface area contributed by atoms with Crippen molar-refractivity contribution in [3.8, 4) is 5.75 Å². The van der Waals surface area contributed by atoms with Crippen molar-refractivity contribution in [2.45, 2.75) is 49.2 Å². The Morgan fingerprint density at radius 3 is 2.93 bits per heavy atom. The molecule has 2 atom stereocenters. The molecule has 1 saturated heterocycles. The third-order valence-corrected chi connectivity index (χ3v) is 5.75. The maximum atomic E-state index is 12.4. The zero-order valence-electron chi connectivity index (χ0n) is 16.1. The Labute approximate surface area is 168 Å². The monoisotopic (exact) mass is 406 g/mol. The Kier molecular flexibility index (Phi) is 7.16. The number of carbonyl (C=O) groups is 1. The molecule has 0 spiro atoms. The third kappa shape index (κ3) is 5.39. The minimum absolute atomic E-state index is 0.0308. The molecule has 1 aliphatic rings. The lowest BCUT2D eigenvalue weighted by Gasteiger charge is -2.14. The molecular weight excluding hydrogens is 380 g/mol. The van der Waals surface area contributed by atoms with Gasteiger partial charge >= 0.3 is 5.69 Å². The number of hydrogen-bond donors (Lipinski definition) is 2. The Hall–Kier alpha value is -2.26. The molecule has 1 amide bonds. The number of nitrogens with zero attached hydrogens (tertiary/aromatic N) is 2. The summed E-state index contributed by atoms with van der Waals surface area (Å²) in [6, 6.07) is 7.77. The van der Waals surface area contributed by atoms with Crippen molar-refractivity contribution >= 4 is 17.7 Å². The van der Waals surface area contributed by atoms with E-state index in [0.717, 1.165) is 37.2 Å². The summed E-state index contributed by atoms with van der Waals surface area (Å²) in [6.07, 6.45) is 2.71. The lowest BCUT2D eigenvalue weighted by atomic mass is 10.1. The molecule has 2 aromatic rings. The lowest BCUT2D eigenvalue weighted by molar-refractivity contribution is -0.120. The predicted molar refractivity (Wildman–Crippen MR) is 107 cm³/mol. The van der Waals surface area contributed by atoms with Gasteiger partial charge in [-0.15, -0.1) is 5.10 Å². The highest BCUT2D eigenvalue weighted by molar-refractivity contribution is 8.00. The molecule has 0 aliphatic carbocycles. The smallest absolute Gasteiger partial charge is 0.344 e. The van der Waals surface area contributed by atoms with Crippen LogP contribution in [0.3, 0.4) is 0 Å². The fourth-order valence-electron chi connectivity index (χ4n) is 3.02. The van der Waals surface area contributed by atoms with E-state index >= 15 is 0 Å². The van der Waals surface area contributed by atoms with Gasteiger partial charge in [-0.1, -0.05) is 23.9 Å². The number of thioether (sulfide) groups is 1. The van der Waals surface area contributed by atoms with E-state index in [1.165, 1.54) is 11.8 Å². The number of amides is 1. The van der Waals surface area contributed by atoms with Crippen LogP contribution in [0.4, 0.5) is 0 Å². The van der Waals surface area contributed by atoms with Crippen molar-refractivity contribution < 1.29 is 14.3 Å². The van der Waals surface area contributed by atoms with Gasteiger partial charge < -0.3 is 14.8 Å². The Balaban J connectivity index is 1.49. The zero-order chi connectivity index (χ0) is 19.9. The molecule has 1 fully saturated rings. The number of hydrogen-bond acceptors (Lipinski definition) is 6. The number of nitrogens with one attached hydrogen (secondary N) is 2. The summed E-state index contributed by atoms with van der Waals surface area (Å²) in [7, 11) is 1.63. The largest absolute Gasteiger partial charge is 0.497 e. The van der Waals surface area contributed by atoms with Gasteiger partial charge in [-0.25, -0.2) is 9.89 Å². The van der Waals surface area contributed by atoms with Gasteiger partial charge in [0.15, 0.2) is 5.16 Å². The topological polar surface area (TPSA) is 98.2 Å². The average Bonchev–Trinajstić information content (AvgIpc) is 3.34. The van der Waals surface area contributed by atoms with Gasteiger partial charge in [-0.05, 0) is 43.9 Å². The molecule has 0 saturated carbocycles. The summed E-state index contributed by atoms with van der Waals surface area (Å²) in [5, 5.41) is 9.62. The van der Waals surface area contributed by atoms with Crippen molar-refractivity contribution in [3.63, 3.8) is 0 Å². The van der Waals surface area contributed by atoms with Crippen LogP contribution in [-0.4, -0.2) is 52.3 Å². The molecule has 3 rings (SSSR count). The molecule has 2 unspecified atom stereocenters. The molecular formula is C19H26N4O4S. The fourth-order valence-corrected chi connectivity index (χ4v) is 3.91. The summed E-state index contributed by atoms with van der Waals surface area (Å²) >= 11 is 1.27. The Morgan fingerprint density at radius 1 is 1.46 bits per heavy atom. The Bertz CT molecular complexity index is 827. The second-order valence-corrected chi connectivity index (χ2v) is 8.01. The van der Waals surface area contributed by atoms with Crippen LogP contribution in [0.1, 0.15) is 25.3 Å². The molecule has 2 N–H and O–H groups in total. The average molecular weight is 407 g/mol. The highest BCUT2D eigenvalue weighted by Gasteiger charge is 2.22. The minimum atomic E-state index is -0.366. The summed E-state index contributed by atoms with van der Waals surface area (Å²) in [5.74, 6) is 0.725. The van der Waals surface area contributed by atoms with E-state index < -0.39 is 0 Å². The number of carbonyl (C=O) groups excluding carboxylic acids is 1. The van der Waals surface area contributed by atoms with E-state index in [1.807, 2.05) is 31.2 Å². The fraction of sp³-hybridized carbons (Fsp3) is 0.526. The van der Waals surface area contributed by atoms with Crippen LogP contribution in [0.2, 0.25) is 0 Å². The number of benzene rings is 1. The van der Waals surface area contributed by atoms with Crippen LogP contribution < -0.4 is 15.7 Å². The van der Waals surface area contributed by atoms with E-state index in [-0.39, 0.29) is 23.0 Å². The van der Waals surface area contributed by atoms with Crippen LogP contribution in [0, 0.1) is 0 Å². The van der Waals surface area contributed by atoms with Crippen molar-refractivity contribution in [2.24, 2.45) is 0 Å². The summed E-state index contributed by atoms with van der Waals surface area (Å²) in [5.41, 5.74) is 0.851. The van der Waals surface area contributed by atoms with E-state index in [0.29, 0.717) is 18.2 Å². The molecule has 9 heteroatoms. The van der Waals surface area contributed by atoms with Gasteiger partial charge in [-0.2, -0.15) is 0 Å². The predicted octanol–water partition coefficient (Wildman–Crippen LogP) is 1.60. The second kappa shape index (κ2) is 9.79. The molecule has 8 nitrogen and oxygen atoms in total. The van der Waals surface area contributed by atoms with Crippen molar-refractivity contribution in [1.29, 1.82) is 0 Å². The van der Waals surface area contributed by atoms with Crippen LogP contribution in [0.15, 0.2) is 34.2 Å². The number of aromatic amines is 1. The zero-order valence-corrected chi connectivity index (χ0v) is 17.0. The highest BCUT2D eigenvalue weighted by Crippen LogP contribution is 2.22. The number of methoxy groups -OCH3 is 1. The maximum Gasteiger partial charge on any atom is 0.344 e. The van der Waals surface area contributed by atoms with Crippen LogP contribution in [-0.2, 0) is 22.5 Å². The van der Waals surface area contributed by atoms with Gasteiger partial charge in [0, 0.05) is 13.2 Å². The van der Waals surface area contributed by atoms with Crippen LogP contribution in [0.25, 0.3) is 0 Å². The minimum Gasteiger partial charge on any atom is -0.497 e. The second-order valence-electron chi connectivity index (χ2n) is 6.71. The third-order valence-electron chi connectivity index (χ3n) is 4.66. The molecule has 1 aromatic carbocycles. The standard InChI is InChI=1S/C19H26N4O4S/c1-13(17(24)20-10-9-14-5-7-15(26-2)8-6-14)28-19-22-21-18(25)23(19)12-16-4-3-11-27-16/h5-8,13,16H,3-4,9-12H2,1-2H3,(H,20,24)(H,21,25). The molecule has 2 heterocycles. The molecule has 1 aliphatic heterocycles. The number of rotatable bonds is 9. The first-order valence-corrected chi connectivity index (χ1v) is 10.3. The van der Waals surface area contributed by atoms with Gasteiger partial charge in [0.25, 0.3) is 0 Å². The number of ether oxygens (including phenoxy) is 2. The van der Waals surface area contributed by atoms with Gasteiger partial charge in [0.05, 0.1) is 25.0 Å². The van der Waals surface area contributed by atoms with Crippen LogP contribution in [0.5, 0.6) is 5.75 Å². The molecule has 0 bridgehead atoms. The van der Waals surface area contributed by atoms with Crippen molar-refractivity contribution in [2.75, 3.05) is 20.3 Å². The van der Waals surface area contributed by atoms with E-state index in [1.54, 1.807) is 11.7 Å². The quantitative estimate of drug-likeness (QED) is 0.614.